The SMILES string of the molecule is C[C@@H](CO)NC(=O)Cc1cn2ccsc2n1. The van der Waals surface area contributed by atoms with Crippen LogP contribution in [0.25, 0.3) is 4.96 Å². The standard InChI is InChI=1S/C10H13N3O2S/c1-7(6-14)11-9(15)4-8-5-13-2-3-16-10(13)12-8/h2-3,5,7,14H,4,6H2,1H3,(H,11,15)/t7-/m0/s1. The van der Waals surface area contributed by atoms with Gasteiger partial charge < -0.3 is 10.4 Å². The van der Waals surface area contributed by atoms with Crippen LogP contribution in [0.4, 0.5) is 0 Å². The first-order chi connectivity index (χ1) is 7.69. The first-order valence-corrected chi connectivity index (χ1v) is 5.88. The van der Waals surface area contributed by atoms with E-state index >= 15 is 0 Å². The lowest BCUT2D eigenvalue weighted by atomic mass is 10.3. The summed E-state index contributed by atoms with van der Waals surface area (Å²) in [5.41, 5.74) is 0.745. The Kier molecular flexibility index (Phi) is 3.21. The molecule has 0 fully saturated rings. The fourth-order valence-corrected chi connectivity index (χ4v) is 2.12. The molecular weight excluding hydrogens is 226 g/mol. The molecule has 6 heteroatoms. The Balaban J connectivity index is 1.99. The third-order valence-corrected chi connectivity index (χ3v) is 2.94. The van der Waals surface area contributed by atoms with Crippen LogP contribution in [0, 0.1) is 0 Å². The summed E-state index contributed by atoms with van der Waals surface area (Å²) in [5.74, 6) is -0.118. The molecule has 2 heterocycles. The molecule has 0 aliphatic heterocycles. The zero-order valence-electron chi connectivity index (χ0n) is 8.88. The number of aliphatic hydroxyl groups excluding tert-OH is 1. The third-order valence-electron chi connectivity index (χ3n) is 2.17. The maximum Gasteiger partial charge on any atom is 0.226 e. The van der Waals surface area contributed by atoms with E-state index < -0.39 is 0 Å². The van der Waals surface area contributed by atoms with Gasteiger partial charge in [-0.25, -0.2) is 4.98 Å². The van der Waals surface area contributed by atoms with Crippen molar-refractivity contribution in [2.24, 2.45) is 0 Å². The highest BCUT2D eigenvalue weighted by atomic mass is 32.1. The molecule has 0 unspecified atom stereocenters. The lowest BCUT2D eigenvalue weighted by Crippen LogP contribution is -2.36. The van der Waals surface area contributed by atoms with Gasteiger partial charge in [0, 0.05) is 23.8 Å². The maximum absolute atomic E-state index is 11.5. The number of carbonyl (C=O) groups excluding carboxylic acids is 1. The van der Waals surface area contributed by atoms with Gasteiger partial charge >= 0.3 is 0 Å². The molecule has 0 spiro atoms. The van der Waals surface area contributed by atoms with Gasteiger partial charge in [0.1, 0.15) is 0 Å². The van der Waals surface area contributed by atoms with Crippen LogP contribution < -0.4 is 5.32 Å². The van der Waals surface area contributed by atoms with Crippen molar-refractivity contribution in [2.75, 3.05) is 6.61 Å². The van der Waals surface area contributed by atoms with E-state index in [0.29, 0.717) is 0 Å². The number of amides is 1. The Hall–Kier alpha value is -1.40. The van der Waals surface area contributed by atoms with E-state index in [4.69, 9.17) is 5.11 Å². The molecule has 0 aromatic carbocycles. The highest BCUT2D eigenvalue weighted by Crippen LogP contribution is 2.11. The van der Waals surface area contributed by atoms with Crippen LogP contribution in [0.15, 0.2) is 17.8 Å². The van der Waals surface area contributed by atoms with Gasteiger partial charge in [-0.2, -0.15) is 0 Å². The Morgan fingerprint density at radius 1 is 1.75 bits per heavy atom. The number of nitrogens with zero attached hydrogens (tertiary/aromatic N) is 2. The Labute approximate surface area is 96.7 Å². The molecule has 0 aliphatic carbocycles. The van der Waals surface area contributed by atoms with Crippen molar-refractivity contribution in [3.05, 3.63) is 23.5 Å². The summed E-state index contributed by atoms with van der Waals surface area (Å²) in [7, 11) is 0. The normalized spacial score (nSPS) is 12.9. The van der Waals surface area contributed by atoms with Crippen LogP contribution in [-0.2, 0) is 11.2 Å². The zero-order chi connectivity index (χ0) is 11.5. The molecule has 2 rings (SSSR count). The number of thiazole rings is 1. The van der Waals surface area contributed by atoms with Gasteiger partial charge in [0.15, 0.2) is 4.96 Å². The molecule has 0 saturated heterocycles. The number of fused-ring (bicyclic) bond motifs is 1. The van der Waals surface area contributed by atoms with Gasteiger partial charge in [0.25, 0.3) is 0 Å². The fourth-order valence-electron chi connectivity index (χ4n) is 1.40. The Bertz CT molecular complexity index is 462. The van der Waals surface area contributed by atoms with Crippen molar-refractivity contribution in [1.29, 1.82) is 0 Å². The number of hydrogen-bond donors (Lipinski definition) is 2. The summed E-state index contributed by atoms with van der Waals surface area (Å²) in [6, 6.07) is -0.212. The van der Waals surface area contributed by atoms with E-state index in [2.05, 4.69) is 10.3 Å². The molecule has 16 heavy (non-hydrogen) atoms. The number of rotatable bonds is 4. The summed E-state index contributed by atoms with van der Waals surface area (Å²) in [5, 5.41) is 13.4. The number of carbonyl (C=O) groups is 1. The lowest BCUT2D eigenvalue weighted by molar-refractivity contribution is -0.121. The zero-order valence-corrected chi connectivity index (χ0v) is 9.70. The summed E-state index contributed by atoms with van der Waals surface area (Å²) in [6.45, 7) is 1.70. The summed E-state index contributed by atoms with van der Waals surface area (Å²) < 4.78 is 1.89. The van der Waals surface area contributed by atoms with E-state index in [0.717, 1.165) is 10.7 Å². The molecule has 1 amide bonds. The van der Waals surface area contributed by atoms with Gasteiger partial charge in [-0.3, -0.25) is 9.20 Å². The van der Waals surface area contributed by atoms with Gasteiger partial charge in [-0.15, -0.1) is 11.3 Å². The van der Waals surface area contributed by atoms with E-state index in [1.54, 1.807) is 6.92 Å². The van der Waals surface area contributed by atoms with E-state index in [-0.39, 0.29) is 25.0 Å². The minimum Gasteiger partial charge on any atom is -0.394 e. The highest BCUT2D eigenvalue weighted by molar-refractivity contribution is 7.15. The molecule has 2 N–H and O–H groups in total. The number of imidazole rings is 1. The van der Waals surface area contributed by atoms with Crippen LogP contribution in [-0.4, -0.2) is 33.0 Å². The monoisotopic (exact) mass is 239 g/mol. The van der Waals surface area contributed by atoms with Crippen LogP contribution in [0.3, 0.4) is 0 Å². The molecular formula is C10H13N3O2S. The van der Waals surface area contributed by atoms with Gasteiger partial charge in [-0.05, 0) is 6.92 Å². The van der Waals surface area contributed by atoms with Crippen LogP contribution in [0.2, 0.25) is 0 Å². The smallest absolute Gasteiger partial charge is 0.226 e. The van der Waals surface area contributed by atoms with E-state index in [1.165, 1.54) is 11.3 Å². The molecule has 1 atom stereocenters. The van der Waals surface area contributed by atoms with Crippen molar-refractivity contribution in [2.45, 2.75) is 19.4 Å². The molecule has 0 saturated carbocycles. The quantitative estimate of drug-likeness (QED) is 0.813. The molecule has 2 aromatic heterocycles. The highest BCUT2D eigenvalue weighted by Gasteiger charge is 2.10. The molecule has 0 bridgehead atoms. The van der Waals surface area contributed by atoms with Crippen molar-refractivity contribution in [3.63, 3.8) is 0 Å². The predicted molar refractivity (Wildman–Crippen MR) is 61.5 cm³/mol. The van der Waals surface area contributed by atoms with Crippen LogP contribution in [0.1, 0.15) is 12.6 Å². The lowest BCUT2D eigenvalue weighted by Gasteiger charge is -2.09. The molecule has 5 nitrogen and oxygen atoms in total. The molecule has 86 valence electrons. The van der Waals surface area contributed by atoms with Crippen LogP contribution >= 0.6 is 11.3 Å². The van der Waals surface area contributed by atoms with Crippen molar-refractivity contribution in [1.82, 2.24) is 14.7 Å². The second kappa shape index (κ2) is 4.63. The summed E-state index contributed by atoms with van der Waals surface area (Å²) >= 11 is 1.53. The van der Waals surface area contributed by atoms with Crippen molar-refractivity contribution < 1.29 is 9.90 Å². The average molecular weight is 239 g/mol. The first-order valence-electron chi connectivity index (χ1n) is 5.00. The van der Waals surface area contributed by atoms with Gasteiger partial charge in [-0.1, -0.05) is 0 Å². The molecule has 0 aliphatic rings. The van der Waals surface area contributed by atoms with Crippen molar-refractivity contribution in [3.8, 4) is 0 Å². The predicted octanol–water partition coefficient (Wildman–Crippen LogP) is 0.435. The number of aromatic nitrogens is 2. The van der Waals surface area contributed by atoms with Crippen molar-refractivity contribution >= 4 is 22.2 Å². The first kappa shape index (κ1) is 11.1. The largest absolute Gasteiger partial charge is 0.394 e. The van der Waals surface area contributed by atoms with Gasteiger partial charge in [0.05, 0.1) is 18.7 Å². The maximum atomic E-state index is 11.5. The fraction of sp³-hybridized carbons (Fsp3) is 0.400. The summed E-state index contributed by atoms with van der Waals surface area (Å²) in [4.78, 5) is 16.7. The Morgan fingerprint density at radius 3 is 3.25 bits per heavy atom. The topological polar surface area (TPSA) is 66.6 Å². The minimum atomic E-state index is -0.212. The number of nitrogens with one attached hydrogen (secondary N) is 1. The number of aliphatic hydroxyl groups is 1. The van der Waals surface area contributed by atoms with Gasteiger partial charge in [0.2, 0.25) is 5.91 Å². The summed E-state index contributed by atoms with van der Waals surface area (Å²) in [6.07, 6.45) is 4.00. The van der Waals surface area contributed by atoms with Crippen LogP contribution in [0.5, 0.6) is 0 Å². The Morgan fingerprint density at radius 2 is 2.56 bits per heavy atom. The second-order valence-electron chi connectivity index (χ2n) is 3.65. The second-order valence-corrected chi connectivity index (χ2v) is 4.53. The molecule has 0 radical (unpaired) electrons. The van der Waals surface area contributed by atoms with E-state index in [9.17, 15) is 4.79 Å². The van der Waals surface area contributed by atoms with E-state index in [1.807, 2.05) is 22.2 Å². The average Bonchev–Trinajstić information content (AvgIpc) is 2.77. The third kappa shape index (κ3) is 2.40. The number of hydrogen-bond acceptors (Lipinski definition) is 4. The molecule has 2 aromatic rings. The minimum absolute atomic E-state index is 0.0516.